The third-order valence-electron chi connectivity index (χ3n) is 2.81. The van der Waals surface area contributed by atoms with Gasteiger partial charge >= 0.3 is 6.18 Å². The Kier molecular flexibility index (Phi) is 2.99. The van der Waals surface area contributed by atoms with Crippen LogP contribution in [0.1, 0.15) is 18.4 Å². The molecule has 2 nitrogen and oxygen atoms in total. The molecule has 1 aromatic carbocycles. The first kappa shape index (κ1) is 12.5. The summed E-state index contributed by atoms with van der Waals surface area (Å²) in [6.45, 7) is 0.478. The van der Waals surface area contributed by atoms with Crippen LogP contribution in [-0.4, -0.2) is 12.1 Å². The van der Waals surface area contributed by atoms with E-state index in [2.05, 4.69) is 5.32 Å². The Bertz CT molecular complexity index is 427. The molecule has 1 aliphatic carbocycles. The number of nitrogens with two attached hydrogens (primary N) is 1. The van der Waals surface area contributed by atoms with Crippen LogP contribution in [0, 0.1) is 0 Å². The molecule has 17 heavy (non-hydrogen) atoms. The molecule has 0 radical (unpaired) electrons. The van der Waals surface area contributed by atoms with E-state index < -0.39 is 11.7 Å². The van der Waals surface area contributed by atoms with Gasteiger partial charge in [0.05, 0.1) is 10.6 Å². The molecule has 0 amide bonds. The Hall–Kier alpha value is -0.940. The fourth-order valence-corrected chi connectivity index (χ4v) is 1.69. The number of benzene rings is 1. The van der Waals surface area contributed by atoms with E-state index in [1.807, 2.05) is 0 Å². The zero-order chi connectivity index (χ0) is 12.7. The SMILES string of the molecule is NC1(CNc2ccc(Cl)c(C(F)(F)F)c2)CC1. The van der Waals surface area contributed by atoms with Gasteiger partial charge < -0.3 is 11.1 Å². The topological polar surface area (TPSA) is 38.0 Å². The molecule has 0 unspecified atom stereocenters. The van der Waals surface area contributed by atoms with Crippen molar-refractivity contribution < 1.29 is 13.2 Å². The van der Waals surface area contributed by atoms with E-state index in [9.17, 15) is 13.2 Å². The smallest absolute Gasteiger partial charge is 0.383 e. The van der Waals surface area contributed by atoms with Crippen molar-refractivity contribution >= 4 is 17.3 Å². The van der Waals surface area contributed by atoms with Crippen molar-refractivity contribution in [3.63, 3.8) is 0 Å². The molecule has 1 aromatic rings. The minimum Gasteiger partial charge on any atom is -0.383 e. The van der Waals surface area contributed by atoms with Gasteiger partial charge in [0.15, 0.2) is 0 Å². The second-order valence-corrected chi connectivity index (χ2v) is 4.82. The summed E-state index contributed by atoms with van der Waals surface area (Å²) in [7, 11) is 0. The lowest BCUT2D eigenvalue weighted by Gasteiger charge is -2.14. The summed E-state index contributed by atoms with van der Waals surface area (Å²) < 4.78 is 37.7. The first-order valence-electron chi connectivity index (χ1n) is 5.20. The number of alkyl halides is 3. The van der Waals surface area contributed by atoms with E-state index in [1.165, 1.54) is 12.1 Å². The van der Waals surface area contributed by atoms with Crippen molar-refractivity contribution in [1.82, 2.24) is 0 Å². The average Bonchev–Trinajstić information content (AvgIpc) is 2.94. The maximum absolute atomic E-state index is 12.6. The number of halogens is 4. The predicted molar refractivity (Wildman–Crippen MR) is 61.1 cm³/mol. The Labute approximate surface area is 102 Å². The van der Waals surface area contributed by atoms with Gasteiger partial charge in [0.2, 0.25) is 0 Å². The van der Waals surface area contributed by atoms with Crippen molar-refractivity contribution in [3.05, 3.63) is 28.8 Å². The third-order valence-corrected chi connectivity index (χ3v) is 3.14. The van der Waals surface area contributed by atoms with Crippen LogP contribution in [0.2, 0.25) is 5.02 Å². The fourth-order valence-electron chi connectivity index (χ4n) is 1.47. The second-order valence-electron chi connectivity index (χ2n) is 4.41. The summed E-state index contributed by atoms with van der Waals surface area (Å²) in [4.78, 5) is 0. The maximum atomic E-state index is 12.6. The monoisotopic (exact) mass is 264 g/mol. The first-order chi connectivity index (χ1) is 7.80. The molecule has 3 N–H and O–H groups in total. The highest BCUT2D eigenvalue weighted by molar-refractivity contribution is 6.31. The standard InChI is InChI=1S/C11H12ClF3N2/c12-9-2-1-7(5-8(9)11(13,14)15)17-6-10(16)3-4-10/h1-2,5,17H,3-4,6,16H2. The fraction of sp³-hybridized carbons (Fsp3) is 0.455. The quantitative estimate of drug-likeness (QED) is 0.879. The van der Waals surface area contributed by atoms with Crippen molar-refractivity contribution in [2.24, 2.45) is 5.73 Å². The van der Waals surface area contributed by atoms with E-state index in [4.69, 9.17) is 17.3 Å². The number of rotatable bonds is 3. The Morgan fingerprint density at radius 1 is 1.35 bits per heavy atom. The van der Waals surface area contributed by atoms with Gasteiger partial charge in [-0.25, -0.2) is 0 Å². The average molecular weight is 265 g/mol. The molecule has 6 heteroatoms. The van der Waals surface area contributed by atoms with Crippen LogP contribution in [0.15, 0.2) is 18.2 Å². The summed E-state index contributed by atoms with van der Waals surface area (Å²) >= 11 is 5.51. The molecule has 1 fully saturated rings. The zero-order valence-electron chi connectivity index (χ0n) is 8.94. The van der Waals surface area contributed by atoms with Crippen LogP contribution < -0.4 is 11.1 Å². The largest absolute Gasteiger partial charge is 0.417 e. The molecule has 94 valence electrons. The minimum atomic E-state index is -4.44. The zero-order valence-corrected chi connectivity index (χ0v) is 9.70. The molecule has 0 heterocycles. The number of anilines is 1. The molecule has 0 aliphatic heterocycles. The predicted octanol–water partition coefficient (Wildman–Crippen LogP) is 3.26. The van der Waals surface area contributed by atoms with Gasteiger partial charge in [0, 0.05) is 17.8 Å². The Balaban J connectivity index is 2.13. The normalized spacial score (nSPS) is 17.9. The van der Waals surface area contributed by atoms with Crippen LogP contribution in [0.25, 0.3) is 0 Å². The van der Waals surface area contributed by atoms with E-state index in [-0.39, 0.29) is 10.6 Å². The van der Waals surface area contributed by atoms with E-state index in [1.54, 1.807) is 0 Å². The Morgan fingerprint density at radius 3 is 2.53 bits per heavy atom. The third kappa shape index (κ3) is 3.04. The molecule has 0 aromatic heterocycles. The summed E-state index contributed by atoms with van der Waals surface area (Å²) in [6, 6.07) is 3.76. The van der Waals surface area contributed by atoms with Crippen molar-refractivity contribution in [2.45, 2.75) is 24.6 Å². The lowest BCUT2D eigenvalue weighted by molar-refractivity contribution is -0.137. The highest BCUT2D eigenvalue weighted by atomic mass is 35.5. The van der Waals surface area contributed by atoms with Crippen LogP contribution in [0.3, 0.4) is 0 Å². The molecular weight excluding hydrogens is 253 g/mol. The van der Waals surface area contributed by atoms with Gasteiger partial charge in [-0.15, -0.1) is 0 Å². The number of hydrogen-bond acceptors (Lipinski definition) is 2. The van der Waals surface area contributed by atoms with E-state index in [0.29, 0.717) is 12.2 Å². The van der Waals surface area contributed by atoms with Gasteiger partial charge in [-0.2, -0.15) is 13.2 Å². The molecule has 2 rings (SSSR count). The van der Waals surface area contributed by atoms with Crippen LogP contribution in [-0.2, 0) is 6.18 Å². The van der Waals surface area contributed by atoms with Gasteiger partial charge in [-0.1, -0.05) is 11.6 Å². The lowest BCUT2D eigenvalue weighted by Crippen LogP contribution is -2.31. The number of nitrogens with one attached hydrogen (secondary N) is 1. The van der Waals surface area contributed by atoms with Gasteiger partial charge in [0.25, 0.3) is 0 Å². The summed E-state index contributed by atoms with van der Waals surface area (Å²) in [5, 5.41) is 2.61. The lowest BCUT2D eigenvalue weighted by atomic mass is 10.2. The van der Waals surface area contributed by atoms with Crippen LogP contribution in [0.5, 0.6) is 0 Å². The van der Waals surface area contributed by atoms with Crippen LogP contribution in [0.4, 0.5) is 18.9 Å². The maximum Gasteiger partial charge on any atom is 0.417 e. The van der Waals surface area contributed by atoms with Gasteiger partial charge in [0.1, 0.15) is 0 Å². The molecule has 0 saturated heterocycles. The summed E-state index contributed by atoms with van der Waals surface area (Å²) in [6.07, 6.45) is -2.63. The molecular formula is C11H12ClF3N2. The number of hydrogen-bond donors (Lipinski definition) is 2. The van der Waals surface area contributed by atoms with Crippen molar-refractivity contribution in [1.29, 1.82) is 0 Å². The van der Waals surface area contributed by atoms with E-state index in [0.717, 1.165) is 18.9 Å². The summed E-state index contributed by atoms with van der Waals surface area (Å²) in [5.41, 5.74) is 5.15. The minimum absolute atomic E-state index is 0.252. The molecule has 1 saturated carbocycles. The molecule has 0 spiro atoms. The summed E-state index contributed by atoms with van der Waals surface area (Å²) in [5.74, 6) is 0. The highest BCUT2D eigenvalue weighted by Crippen LogP contribution is 2.37. The molecule has 1 aliphatic rings. The first-order valence-corrected chi connectivity index (χ1v) is 5.57. The van der Waals surface area contributed by atoms with Crippen LogP contribution >= 0.6 is 11.6 Å². The molecule has 0 bridgehead atoms. The van der Waals surface area contributed by atoms with Crippen molar-refractivity contribution in [2.75, 3.05) is 11.9 Å². The van der Waals surface area contributed by atoms with Gasteiger partial charge in [-0.3, -0.25) is 0 Å². The van der Waals surface area contributed by atoms with Gasteiger partial charge in [-0.05, 0) is 31.0 Å². The Morgan fingerprint density at radius 2 is 2.00 bits per heavy atom. The second kappa shape index (κ2) is 4.07. The van der Waals surface area contributed by atoms with Crippen molar-refractivity contribution in [3.8, 4) is 0 Å². The molecule has 0 atom stereocenters. The van der Waals surface area contributed by atoms with E-state index >= 15 is 0 Å². The highest BCUT2D eigenvalue weighted by Gasteiger charge is 2.38.